The van der Waals surface area contributed by atoms with Gasteiger partial charge in [0.2, 0.25) is 0 Å². The lowest BCUT2D eigenvalue weighted by atomic mass is 10.0. The van der Waals surface area contributed by atoms with Crippen LogP contribution in [0.4, 0.5) is 11.4 Å². The second kappa shape index (κ2) is 7.58. The number of carbonyl (C=O) groups is 1. The highest BCUT2D eigenvalue weighted by atomic mass is 16.1. The zero-order valence-corrected chi connectivity index (χ0v) is 13.8. The summed E-state index contributed by atoms with van der Waals surface area (Å²) in [4.78, 5) is 16.3. The molecule has 25 heavy (non-hydrogen) atoms. The fourth-order valence-corrected chi connectivity index (χ4v) is 2.49. The molecular weight excluding hydrogens is 314 g/mol. The van der Waals surface area contributed by atoms with Gasteiger partial charge in [-0.15, -0.1) is 12.3 Å². The molecule has 0 atom stereocenters. The van der Waals surface area contributed by atoms with Gasteiger partial charge >= 0.3 is 0 Å². The van der Waals surface area contributed by atoms with E-state index in [0.29, 0.717) is 24.9 Å². The number of pyridine rings is 1. The summed E-state index contributed by atoms with van der Waals surface area (Å²) in [5.74, 6) is 2.48. The van der Waals surface area contributed by atoms with E-state index in [9.17, 15) is 4.79 Å². The van der Waals surface area contributed by atoms with Crippen molar-refractivity contribution in [3.63, 3.8) is 0 Å². The summed E-state index contributed by atoms with van der Waals surface area (Å²) < 4.78 is 0. The molecule has 0 unspecified atom stereocenters. The molecule has 0 radical (unpaired) electrons. The van der Waals surface area contributed by atoms with E-state index in [-0.39, 0.29) is 11.6 Å². The van der Waals surface area contributed by atoms with Crippen LogP contribution in [0.3, 0.4) is 0 Å². The Bertz CT molecular complexity index is 804. The molecule has 2 aromatic rings. The van der Waals surface area contributed by atoms with Gasteiger partial charge in [-0.05, 0) is 30.3 Å². The maximum atomic E-state index is 12.3. The van der Waals surface area contributed by atoms with Crippen LogP contribution in [-0.4, -0.2) is 23.1 Å². The van der Waals surface area contributed by atoms with Crippen molar-refractivity contribution in [1.29, 1.82) is 0 Å². The average molecular weight is 333 g/mol. The first-order chi connectivity index (χ1) is 12.2. The standard InChI is InChI=1S/C19H19N5O/c1-2-3-9-19(23-24-19)10-13-21-18(25)15-5-4-6-17(14-15)22-16-7-11-20-12-8-16/h1,4-8,11-12,14H,3,9-10,13H2,(H,20,22)(H,21,25). The molecule has 0 bridgehead atoms. The highest BCUT2D eigenvalue weighted by Gasteiger charge is 2.38. The predicted molar refractivity (Wildman–Crippen MR) is 96.6 cm³/mol. The number of hydrogen-bond donors (Lipinski definition) is 2. The molecule has 2 N–H and O–H groups in total. The van der Waals surface area contributed by atoms with Gasteiger partial charge in [0.15, 0.2) is 5.66 Å². The Balaban J connectivity index is 1.52. The van der Waals surface area contributed by atoms with Crippen molar-refractivity contribution in [2.75, 3.05) is 11.9 Å². The Labute approximate surface area is 146 Å². The lowest BCUT2D eigenvalue weighted by Gasteiger charge is -2.11. The first kappa shape index (κ1) is 16.7. The van der Waals surface area contributed by atoms with E-state index in [1.807, 2.05) is 30.3 Å². The van der Waals surface area contributed by atoms with Gasteiger partial charge in [0.05, 0.1) is 0 Å². The second-order valence-electron chi connectivity index (χ2n) is 5.83. The number of benzene rings is 1. The molecule has 0 saturated heterocycles. The molecule has 1 aromatic heterocycles. The predicted octanol–water partition coefficient (Wildman–Crippen LogP) is 3.52. The Kier molecular flexibility index (Phi) is 5.05. The van der Waals surface area contributed by atoms with Crippen LogP contribution in [0.25, 0.3) is 0 Å². The maximum absolute atomic E-state index is 12.3. The number of nitrogens with zero attached hydrogens (tertiary/aromatic N) is 3. The Morgan fingerprint density at radius 1 is 1.12 bits per heavy atom. The number of anilines is 2. The summed E-state index contributed by atoms with van der Waals surface area (Å²) in [6.45, 7) is 0.512. The van der Waals surface area contributed by atoms with Gasteiger partial charge in [-0.1, -0.05) is 6.07 Å². The molecule has 0 fully saturated rings. The van der Waals surface area contributed by atoms with Crippen LogP contribution in [0.2, 0.25) is 0 Å². The molecule has 6 heteroatoms. The van der Waals surface area contributed by atoms with E-state index in [4.69, 9.17) is 6.42 Å². The molecule has 126 valence electrons. The van der Waals surface area contributed by atoms with Crippen molar-refractivity contribution in [3.8, 4) is 12.3 Å². The number of rotatable bonds is 8. The van der Waals surface area contributed by atoms with Crippen molar-refractivity contribution in [3.05, 3.63) is 54.4 Å². The van der Waals surface area contributed by atoms with E-state index in [1.165, 1.54) is 0 Å². The monoisotopic (exact) mass is 333 g/mol. The van der Waals surface area contributed by atoms with Crippen LogP contribution >= 0.6 is 0 Å². The van der Waals surface area contributed by atoms with Gasteiger partial charge in [0.25, 0.3) is 5.91 Å². The Morgan fingerprint density at radius 3 is 2.64 bits per heavy atom. The maximum Gasteiger partial charge on any atom is 0.251 e. The van der Waals surface area contributed by atoms with E-state index in [0.717, 1.165) is 17.8 Å². The van der Waals surface area contributed by atoms with Crippen molar-refractivity contribution in [1.82, 2.24) is 10.3 Å². The van der Waals surface area contributed by atoms with E-state index in [1.54, 1.807) is 18.5 Å². The van der Waals surface area contributed by atoms with Crippen molar-refractivity contribution in [2.45, 2.75) is 24.9 Å². The van der Waals surface area contributed by atoms with Crippen LogP contribution in [0, 0.1) is 12.3 Å². The van der Waals surface area contributed by atoms with E-state index >= 15 is 0 Å². The van der Waals surface area contributed by atoms with Crippen LogP contribution in [0.1, 0.15) is 29.6 Å². The quantitative estimate of drug-likeness (QED) is 0.726. The lowest BCUT2D eigenvalue weighted by Crippen LogP contribution is -2.28. The first-order valence-corrected chi connectivity index (χ1v) is 8.14. The van der Waals surface area contributed by atoms with Gasteiger partial charge < -0.3 is 10.6 Å². The Morgan fingerprint density at radius 2 is 1.92 bits per heavy atom. The largest absolute Gasteiger partial charge is 0.355 e. The molecule has 1 aromatic carbocycles. The highest BCUT2D eigenvalue weighted by molar-refractivity contribution is 5.95. The molecule has 1 aliphatic rings. The minimum absolute atomic E-state index is 0.119. The number of carbonyl (C=O) groups excluding carboxylic acids is 1. The number of hydrogen-bond acceptors (Lipinski definition) is 5. The smallest absolute Gasteiger partial charge is 0.251 e. The topological polar surface area (TPSA) is 78.7 Å². The summed E-state index contributed by atoms with van der Waals surface area (Å²) in [5.41, 5.74) is 1.99. The molecule has 1 amide bonds. The zero-order valence-electron chi connectivity index (χ0n) is 13.8. The molecule has 0 aliphatic carbocycles. The van der Waals surface area contributed by atoms with Crippen LogP contribution < -0.4 is 10.6 Å². The molecule has 2 heterocycles. The van der Waals surface area contributed by atoms with Gasteiger partial charge in [0, 0.05) is 55.1 Å². The lowest BCUT2D eigenvalue weighted by molar-refractivity contribution is 0.0952. The molecular formula is C19H19N5O. The first-order valence-electron chi connectivity index (χ1n) is 8.14. The molecule has 3 rings (SSSR count). The summed E-state index contributed by atoms with van der Waals surface area (Å²) in [7, 11) is 0. The highest BCUT2D eigenvalue weighted by Crippen LogP contribution is 2.36. The summed E-state index contributed by atoms with van der Waals surface area (Å²) in [6, 6.07) is 11.1. The third kappa shape index (κ3) is 4.64. The van der Waals surface area contributed by atoms with Gasteiger partial charge in [-0.3, -0.25) is 9.78 Å². The van der Waals surface area contributed by atoms with Gasteiger partial charge in [-0.25, -0.2) is 0 Å². The normalized spacial score (nSPS) is 13.7. The van der Waals surface area contributed by atoms with Gasteiger partial charge in [0.1, 0.15) is 0 Å². The number of terminal acetylenes is 1. The summed E-state index contributed by atoms with van der Waals surface area (Å²) in [5, 5.41) is 14.3. The third-order valence-corrected chi connectivity index (χ3v) is 3.96. The fraction of sp³-hybridized carbons (Fsp3) is 0.263. The van der Waals surface area contributed by atoms with Crippen LogP contribution in [-0.2, 0) is 0 Å². The number of aromatic nitrogens is 1. The van der Waals surface area contributed by atoms with E-state index in [2.05, 4.69) is 31.8 Å². The fourth-order valence-electron chi connectivity index (χ4n) is 2.49. The van der Waals surface area contributed by atoms with Crippen molar-refractivity contribution >= 4 is 17.3 Å². The summed E-state index contributed by atoms with van der Waals surface area (Å²) >= 11 is 0. The second-order valence-corrected chi connectivity index (χ2v) is 5.83. The third-order valence-electron chi connectivity index (χ3n) is 3.96. The molecule has 0 spiro atoms. The minimum Gasteiger partial charge on any atom is -0.355 e. The Hall–Kier alpha value is -3.20. The number of nitrogens with one attached hydrogen (secondary N) is 2. The zero-order chi connectivity index (χ0) is 17.5. The van der Waals surface area contributed by atoms with Crippen molar-refractivity contribution in [2.24, 2.45) is 10.2 Å². The van der Waals surface area contributed by atoms with Crippen molar-refractivity contribution < 1.29 is 4.79 Å². The van der Waals surface area contributed by atoms with E-state index < -0.39 is 0 Å². The average Bonchev–Trinajstić information content (AvgIpc) is 3.41. The van der Waals surface area contributed by atoms with Gasteiger partial charge in [-0.2, -0.15) is 10.2 Å². The molecule has 6 nitrogen and oxygen atoms in total. The van der Waals surface area contributed by atoms with Crippen LogP contribution in [0.5, 0.6) is 0 Å². The molecule has 1 aliphatic heterocycles. The SMILES string of the molecule is C#CCCC1(CCNC(=O)c2cccc(Nc3ccncc3)c2)N=N1. The number of amides is 1. The van der Waals surface area contributed by atoms with Crippen LogP contribution in [0.15, 0.2) is 59.0 Å². The molecule has 0 saturated carbocycles. The minimum atomic E-state index is -0.371. The summed E-state index contributed by atoms with van der Waals surface area (Å²) in [6.07, 6.45) is 10.8.